The number of nitrogens with one attached hydrogen (secondary N) is 1. The number of hydrogen-bond donors (Lipinski definition) is 2. The number of ether oxygens (including phenoxy) is 1. The number of fused-ring (bicyclic) bond motifs is 1. The minimum absolute atomic E-state index is 0.0126. The van der Waals surface area contributed by atoms with Gasteiger partial charge in [0, 0.05) is 37.5 Å². The van der Waals surface area contributed by atoms with Crippen LogP contribution in [-0.4, -0.2) is 41.7 Å². The summed E-state index contributed by atoms with van der Waals surface area (Å²) < 4.78 is 6.25. The van der Waals surface area contributed by atoms with Gasteiger partial charge in [0.05, 0.1) is 14.3 Å². The van der Waals surface area contributed by atoms with Crippen molar-refractivity contribution in [1.29, 1.82) is 0 Å². The molecule has 2 saturated carbocycles. The third kappa shape index (κ3) is 8.74. The van der Waals surface area contributed by atoms with Crippen LogP contribution in [0.5, 0.6) is 5.75 Å². The highest BCUT2D eigenvalue weighted by molar-refractivity contribution is 14.1. The summed E-state index contributed by atoms with van der Waals surface area (Å²) >= 11 is 4.07. The number of amides is 1. The van der Waals surface area contributed by atoms with E-state index < -0.39 is 12.0 Å². The van der Waals surface area contributed by atoms with Crippen molar-refractivity contribution in [3.8, 4) is 5.75 Å². The summed E-state index contributed by atoms with van der Waals surface area (Å²) in [4.78, 5) is 50.2. The first-order valence-corrected chi connectivity index (χ1v) is 16.1. The van der Waals surface area contributed by atoms with E-state index in [4.69, 9.17) is 4.74 Å². The van der Waals surface area contributed by atoms with E-state index in [1.165, 1.54) is 7.11 Å². The number of ketones is 2. The lowest BCUT2D eigenvalue weighted by molar-refractivity contribution is -0.145. The first kappa shape index (κ1) is 32.0. The lowest BCUT2D eigenvalue weighted by Crippen LogP contribution is -2.43. The standard InChI is InChI=1S/C30H39I2NO6/c1-3-4-9-21-22-17-27(35)20(19(22)12-13-26(21)34)10-7-5-6-8-11-28(36)33-25(30(38)39-2)16-18-14-23(31)29(37)24(32)15-18/h5,7,14-15,19-22,25,37H,3-4,6,8-13,16-17H2,1-2H3,(H,33,36)/b7-5-/i31-2,32-2. The van der Waals surface area contributed by atoms with Crippen LogP contribution < -0.4 is 5.32 Å². The van der Waals surface area contributed by atoms with E-state index in [0.29, 0.717) is 56.7 Å². The second-order valence-corrected chi connectivity index (χ2v) is 13.0. The number of rotatable bonds is 13. The average Bonchev–Trinajstić information content (AvgIpc) is 3.22. The van der Waals surface area contributed by atoms with Crippen LogP contribution in [0.4, 0.5) is 0 Å². The van der Waals surface area contributed by atoms with Crippen molar-refractivity contribution in [1.82, 2.24) is 5.32 Å². The van der Waals surface area contributed by atoms with E-state index in [1.54, 1.807) is 12.1 Å². The maximum Gasteiger partial charge on any atom is 0.328 e. The Morgan fingerprint density at radius 3 is 2.49 bits per heavy atom. The van der Waals surface area contributed by atoms with Crippen LogP contribution in [0.15, 0.2) is 24.3 Å². The Kier molecular flexibility index (Phi) is 12.7. The number of methoxy groups -OCH3 is 1. The summed E-state index contributed by atoms with van der Waals surface area (Å²) in [5, 5.41) is 12.8. The number of hydrogen-bond acceptors (Lipinski definition) is 6. The number of phenolic OH excluding ortho intramolecular Hbond substituents is 1. The topological polar surface area (TPSA) is 110 Å². The normalized spacial score (nSPS) is 23.6. The number of halogens is 2. The quantitative estimate of drug-likeness (QED) is 0.112. The minimum Gasteiger partial charge on any atom is -0.506 e. The predicted octanol–water partition coefficient (Wildman–Crippen LogP) is 5.91. The first-order valence-electron chi connectivity index (χ1n) is 13.9. The molecule has 9 heteroatoms. The molecule has 0 saturated heterocycles. The summed E-state index contributed by atoms with van der Waals surface area (Å²) in [6, 6.07) is 2.77. The lowest BCUT2D eigenvalue weighted by Gasteiger charge is -2.34. The van der Waals surface area contributed by atoms with Crippen LogP contribution in [0, 0.1) is 30.8 Å². The Balaban J connectivity index is 1.45. The fourth-order valence-electron chi connectivity index (χ4n) is 6.08. The smallest absolute Gasteiger partial charge is 0.328 e. The number of aromatic hydroxyl groups is 1. The van der Waals surface area contributed by atoms with Crippen molar-refractivity contribution in [3.05, 3.63) is 37.0 Å². The maximum absolute atomic E-state index is 12.8. The molecule has 0 aliphatic heterocycles. The fourth-order valence-corrected chi connectivity index (χ4v) is 7.98. The number of benzene rings is 1. The zero-order valence-corrected chi connectivity index (χ0v) is 27.0. The van der Waals surface area contributed by atoms with E-state index in [-0.39, 0.29) is 42.3 Å². The molecule has 0 aromatic heterocycles. The molecule has 1 amide bonds. The molecule has 39 heavy (non-hydrogen) atoms. The highest BCUT2D eigenvalue weighted by Crippen LogP contribution is 2.48. The third-order valence-electron chi connectivity index (χ3n) is 8.11. The molecule has 0 bridgehead atoms. The molecule has 2 fully saturated rings. The van der Waals surface area contributed by atoms with Crippen LogP contribution in [-0.2, 0) is 30.3 Å². The monoisotopic (exact) mass is 759 g/mol. The zero-order chi connectivity index (χ0) is 28.5. The summed E-state index contributed by atoms with van der Waals surface area (Å²) in [6.07, 6.45) is 11.7. The maximum atomic E-state index is 12.8. The summed E-state index contributed by atoms with van der Waals surface area (Å²) in [5.41, 5.74) is 0.822. The van der Waals surface area contributed by atoms with Gasteiger partial charge < -0.3 is 15.2 Å². The number of esters is 1. The van der Waals surface area contributed by atoms with E-state index in [1.807, 2.05) is 51.3 Å². The van der Waals surface area contributed by atoms with Gasteiger partial charge in [0.1, 0.15) is 23.4 Å². The Morgan fingerprint density at radius 2 is 1.82 bits per heavy atom. The van der Waals surface area contributed by atoms with Gasteiger partial charge in [-0.3, -0.25) is 14.4 Å². The second-order valence-electron chi connectivity index (χ2n) is 10.7. The molecule has 2 N–H and O–H groups in total. The molecular weight excluding hydrogens is 720 g/mol. The van der Waals surface area contributed by atoms with Gasteiger partial charge in [-0.2, -0.15) is 0 Å². The van der Waals surface area contributed by atoms with Crippen molar-refractivity contribution < 1.29 is 29.0 Å². The second kappa shape index (κ2) is 15.5. The highest BCUT2D eigenvalue weighted by Gasteiger charge is 2.48. The molecule has 0 spiro atoms. The van der Waals surface area contributed by atoms with Crippen molar-refractivity contribution >= 4 is 68.6 Å². The van der Waals surface area contributed by atoms with Gasteiger partial charge in [-0.15, -0.1) is 0 Å². The van der Waals surface area contributed by atoms with Gasteiger partial charge in [-0.1, -0.05) is 31.9 Å². The molecule has 5 unspecified atom stereocenters. The largest absolute Gasteiger partial charge is 0.506 e. The van der Waals surface area contributed by atoms with E-state index in [0.717, 1.165) is 31.2 Å². The van der Waals surface area contributed by atoms with Gasteiger partial charge in [-0.05, 0) is 107 Å². The molecule has 1 aromatic rings. The number of carbonyl (C=O) groups is 4. The number of carbonyl (C=O) groups excluding carboxylic acids is 4. The number of allylic oxidation sites excluding steroid dienone is 2. The number of phenols is 1. The average molecular weight is 759 g/mol. The van der Waals surface area contributed by atoms with E-state index in [9.17, 15) is 24.3 Å². The summed E-state index contributed by atoms with van der Waals surface area (Å²) in [7, 11) is 1.30. The minimum atomic E-state index is -0.806. The van der Waals surface area contributed by atoms with Crippen molar-refractivity contribution in [2.24, 2.45) is 23.7 Å². The van der Waals surface area contributed by atoms with Crippen molar-refractivity contribution in [3.63, 3.8) is 0 Å². The first-order chi connectivity index (χ1) is 18.7. The van der Waals surface area contributed by atoms with Crippen LogP contribution in [0.25, 0.3) is 0 Å². The SMILES string of the molecule is CCCCC1C(=O)CCC2C(C/C=C\CCCC(=O)NC(Cc3cc([125I])c(O)c([125I])c3)C(=O)OC)C(=O)CC12. The zero-order valence-electron chi connectivity index (χ0n) is 22.7. The highest BCUT2D eigenvalue weighted by atomic mass is 125. The molecular formula is C30H39I2NO6. The Bertz CT molecular complexity index is 1060. The van der Waals surface area contributed by atoms with Crippen molar-refractivity contribution in [2.75, 3.05) is 7.11 Å². The van der Waals surface area contributed by atoms with E-state index in [2.05, 4.69) is 18.3 Å². The summed E-state index contributed by atoms with van der Waals surface area (Å²) in [5.74, 6) is 0.753. The van der Waals surface area contributed by atoms with Gasteiger partial charge in [0.2, 0.25) is 5.91 Å². The third-order valence-corrected chi connectivity index (χ3v) is 9.75. The molecule has 2 aliphatic carbocycles. The van der Waals surface area contributed by atoms with Gasteiger partial charge in [0.25, 0.3) is 0 Å². The molecule has 2 aliphatic rings. The summed E-state index contributed by atoms with van der Waals surface area (Å²) in [6.45, 7) is 2.14. The van der Waals surface area contributed by atoms with Gasteiger partial charge in [0.15, 0.2) is 0 Å². The van der Waals surface area contributed by atoms with Crippen LogP contribution in [0.3, 0.4) is 0 Å². The molecule has 7 nitrogen and oxygen atoms in total. The Hall–Kier alpha value is -1.50. The van der Waals surface area contributed by atoms with E-state index >= 15 is 0 Å². The fraction of sp³-hybridized carbons (Fsp3) is 0.600. The molecule has 214 valence electrons. The van der Waals surface area contributed by atoms with Gasteiger partial charge in [-0.25, -0.2) is 4.79 Å². The molecule has 3 rings (SSSR count). The van der Waals surface area contributed by atoms with Crippen LogP contribution in [0.2, 0.25) is 0 Å². The van der Waals surface area contributed by atoms with Crippen LogP contribution >= 0.6 is 45.2 Å². The Labute approximate surface area is 258 Å². The lowest BCUT2D eigenvalue weighted by atomic mass is 9.69. The van der Waals surface area contributed by atoms with Crippen molar-refractivity contribution in [2.45, 2.75) is 83.6 Å². The number of unbranched alkanes of at least 4 members (excludes halogenated alkanes) is 2. The predicted molar refractivity (Wildman–Crippen MR) is 166 cm³/mol. The Morgan fingerprint density at radius 1 is 1.10 bits per heavy atom. The number of Topliss-reactive ketones (excluding diaryl/α,β-unsaturated/α-hetero) is 2. The molecule has 1 aromatic carbocycles. The van der Waals surface area contributed by atoms with Gasteiger partial charge >= 0.3 is 5.97 Å². The molecule has 0 heterocycles. The van der Waals surface area contributed by atoms with Crippen LogP contribution in [0.1, 0.15) is 76.7 Å². The molecule has 5 atom stereocenters. The molecule has 0 radical (unpaired) electrons.